The molecule has 1 saturated carbocycles. The second-order valence-electron chi connectivity index (χ2n) is 6.78. The van der Waals surface area contributed by atoms with Crippen LogP contribution in [0.4, 0.5) is 4.39 Å². The van der Waals surface area contributed by atoms with E-state index in [1.807, 2.05) is 6.07 Å². The van der Waals surface area contributed by atoms with Gasteiger partial charge >= 0.3 is 5.97 Å². The molecule has 142 valence electrons. The smallest absolute Gasteiger partial charge is 0.305 e. The Labute approximate surface area is 157 Å². The number of nitrogens with zero attached hydrogens (tertiary/aromatic N) is 1. The third-order valence-corrected chi connectivity index (χ3v) is 4.96. The van der Waals surface area contributed by atoms with Gasteiger partial charge in [0, 0.05) is 24.2 Å². The maximum absolute atomic E-state index is 13.8. The van der Waals surface area contributed by atoms with Crippen LogP contribution in [0.3, 0.4) is 0 Å². The topological polar surface area (TPSA) is 65.5 Å². The molecular formula is C21H22FNO4. The lowest BCUT2D eigenvalue weighted by atomic mass is 9.85. The Bertz CT molecular complexity index is 798. The zero-order chi connectivity index (χ0) is 19.2. The third kappa shape index (κ3) is 4.90. The second kappa shape index (κ2) is 8.75. The van der Waals surface area contributed by atoms with Crippen molar-refractivity contribution in [1.29, 1.82) is 0 Å². The van der Waals surface area contributed by atoms with Crippen molar-refractivity contribution in [2.75, 3.05) is 7.11 Å². The van der Waals surface area contributed by atoms with E-state index in [4.69, 9.17) is 9.47 Å². The number of hydrogen-bond acceptors (Lipinski definition) is 5. The van der Waals surface area contributed by atoms with E-state index in [1.165, 1.54) is 19.2 Å². The molecule has 2 aromatic rings. The first-order valence-corrected chi connectivity index (χ1v) is 9.03. The Hall–Kier alpha value is -2.76. The molecule has 1 aromatic heterocycles. The average Bonchev–Trinajstić information content (AvgIpc) is 2.70. The molecule has 0 atom stereocenters. The van der Waals surface area contributed by atoms with Crippen LogP contribution in [-0.2, 0) is 9.53 Å². The molecule has 0 spiro atoms. The number of pyridine rings is 1. The molecule has 0 N–H and O–H groups in total. The van der Waals surface area contributed by atoms with Gasteiger partial charge in [0.1, 0.15) is 11.9 Å². The van der Waals surface area contributed by atoms with Gasteiger partial charge in [0.2, 0.25) is 5.88 Å². The summed E-state index contributed by atoms with van der Waals surface area (Å²) in [5, 5.41) is 0. The van der Waals surface area contributed by atoms with Crippen molar-refractivity contribution < 1.29 is 23.5 Å². The number of benzene rings is 1. The fraction of sp³-hybridized carbons (Fsp3) is 0.381. The van der Waals surface area contributed by atoms with Gasteiger partial charge in [-0.05, 0) is 55.4 Å². The molecule has 0 aliphatic heterocycles. The molecular weight excluding hydrogens is 349 g/mol. The van der Waals surface area contributed by atoms with Gasteiger partial charge in [0.15, 0.2) is 6.29 Å². The standard InChI is InChI=1S/C21H22FNO4/c1-26-21(25)10-14-2-7-18(8-3-14)27-20-9-6-16(12-23-20)15-4-5-17(13-24)19(22)11-15/h4-6,9,11-14,18H,2-3,7-8,10H2,1H3/t14-,18-. The summed E-state index contributed by atoms with van der Waals surface area (Å²) in [6.07, 6.45) is 6.30. The van der Waals surface area contributed by atoms with Gasteiger partial charge < -0.3 is 9.47 Å². The number of halogens is 1. The van der Waals surface area contributed by atoms with Gasteiger partial charge in [0.25, 0.3) is 0 Å². The van der Waals surface area contributed by atoms with Crippen LogP contribution in [-0.4, -0.2) is 30.5 Å². The largest absolute Gasteiger partial charge is 0.474 e. The van der Waals surface area contributed by atoms with Crippen molar-refractivity contribution in [1.82, 2.24) is 4.98 Å². The van der Waals surface area contributed by atoms with Crippen molar-refractivity contribution in [2.45, 2.75) is 38.2 Å². The summed E-state index contributed by atoms with van der Waals surface area (Å²) in [5.41, 5.74) is 1.44. The maximum atomic E-state index is 13.8. The summed E-state index contributed by atoms with van der Waals surface area (Å²) in [6.45, 7) is 0. The van der Waals surface area contributed by atoms with Gasteiger partial charge in [-0.3, -0.25) is 9.59 Å². The van der Waals surface area contributed by atoms with E-state index < -0.39 is 5.82 Å². The van der Waals surface area contributed by atoms with Crippen LogP contribution < -0.4 is 4.74 Å². The van der Waals surface area contributed by atoms with Gasteiger partial charge in [-0.15, -0.1) is 0 Å². The van der Waals surface area contributed by atoms with Crippen LogP contribution in [0.5, 0.6) is 5.88 Å². The van der Waals surface area contributed by atoms with E-state index in [1.54, 1.807) is 18.3 Å². The maximum Gasteiger partial charge on any atom is 0.305 e. The zero-order valence-electron chi connectivity index (χ0n) is 15.2. The molecule has 0 saturated heterocycles. The highest BCUT2D eigenvalue weighted by Gasteiger charge is 2.24. The van der Waals surface area contributed by atoms with Crippen molar-refractivity contribution in [3.8, 4) is 17.0 Å². The molecule has 1 heterocycles. The Kier molecular flexibility index (Phi) is 6.16. The molecule has 27 heavy (non-hydrogen) atoms. The van der Waals surface area contributed by atoms with Crippen molar-refractivity contribution in [3.63, 3.8) is 0 Å². The molecule has 5 nitrogen and oxygen atoms in total. The summed E-state index contributed by atoms with van der Waals surface area (Å²) in [6, 6.07) is 8.05. The SMILES string of the molecule is COC(=O)C[C@H]1CC[C@H](Oc2ccc(-c3ccc(C=O)c(F)c3)cn2)CC1. The molecule has 1 aliphatic carbocycles. The van der Waals surface area contributed by atoms with Gasteiger partial charge in [0.05, 0.1) is 12.7 Å². The number of aldehydes is 1. The van der Waals surface area contributed by atoms with Gasteiger partial charge in [-0.2, -0.15) is 0 Å². The van der Waals surface area contributed by atoms with Crippen LogP contribution in [0.2, 0.25) is 0 Å². The van der Waals surface area contributed by atoms with Crippen LogP contribution in [0.25, 0.3) is 11.1 Å². The minimum Gasteiger partial charge on any atom is -0.474 e. The molecule has 3 rings (SSSR count). The quantitative estimate of drug-likeness (QED) is 0.562. The monoisotopic (exact) mass is 371 g/mol. The lowest BCUT2D eigenvalue weighted by molar-refractivity contribution is -0.142. The van der Waals surface area contributed by atoms with E-state index in [9.17, 15) is 14.0 Å². The Morgan fingerprint density at radius 3 is 2.52 bits per heavy atom. The van der Waals surface area contributed by atoms with Gasteiger partial charge in [-0.1, -0.05) is 6.07 Å². The molecule has 6 heteroatoms. The highest BCUT2D eigenvalue weighted by molar-refractivity contribution is 5.77. The van der Waals surface area contributed by atoms with Crippen molar-refractivity contribution in [3.05, 3.63) is 47.9 Å². The number of rotatable bonds is 6. The summed E-state index contributed by atoms with van der Waals surface area (Å²) < 4.78 is 24.4. The fourth-order valence-corrected chi connectivity index (χ4v) is 3.37. The zero-order valence-corrected chi connectivity index (χ0v) is 15.2. The number of carbonyl (C=O) groups is 2. The minimum absolute atomic E-state index is 0.0365. The van der Waals surface area contributed by atoms with E-state index in [0.29, 0.717) is 30.1 Å². The summed E-state index contributed by atoms with van der Waals surface area (Å²) >= 11 is 0. The number of aromatic nitrogens is 1. The molecule has 0 bridgehead atoms. The minimum atomic E-state index is -0.549. The predicted octanol–water partition coefficient (Wildman–Crippen LogP) is 4.20. The van der Waals surface area contributed by atoms with Crippen LogP contribution in [0, 0.1) is 11.7 Å². The molecule has 0 amide bonds. The van der Waals surface area contributed by atoms with E-state index in [2.05, 4.69) is 4.98 Å². The third-order valence-electron chi connectivity index (χ3n) is 4.96. The van der Waals surface area contributed by atoms with E-state index in [0.717, 1.165) is 31.2 Å². The first-order valence-electron chi connectivity index (χ1n) is 9.03. The number of carbonyl (C=O) groups excluding carboxylic acids is 2. The number of methoxy groups -OCH3 is 1. The van der Waals surface area contributed by atoms with Crippen molar-refractivity contribution in [2.24, 2.45) is 5.92 Å². The molecule has 1 fully saturated rings. The Morgan fingerprint density at radius 1 is 1.19 bits per heavy atom. The van der Waals surface area contributed by atoms with Crippen LogP contribution >= 0.6 is 0 Å². The second-order valence-corrected chi connectivity index (χ2v) is 6.78. The van der Waals surface area contributed by atoms with Gasteiger partial charge in [-0.25, -0.2) is 9.37 Å². The average molecular weight is 371 g/mol. The Morgan fingerprint density at radius 2 is 1.93 bits per heavy atom. The lowest BCUT2D eigenvalue weighted by Gasteiger charge is -2.28. The first kappa shape index (κ1) is 19.0. The van der Waals surface area contributed by atoms with Crippen LogP contribution in [0.15, 0.2) is 36.5 Å². The summed E-state index contributed by atoms with van der Waals surface area (Å²) in [4.78, 5) is 26.4. The predicted molar refractivity (Wildman–Crippen MR) is 98.0 cm³/mol. The molecule has 0 radical (unpaired) electrons. The fourth-order valence-electron chi connectivity index (χ4n) is 3.37. The normalized spacial score (nSPS) is 19.3. The highest BCUT2D eigenvalue weighted by atomic mass is 19.1. The highest BCUT2D eigenvalue weighted by Crippen LogP contribution is 2.30. The van der Waals surface area contributed by atoms with E-state index >= 15 is 0 Å². The molecule has 0 unspecified atom stereocenters. The molecule has 1 aromatic carbocycles. The lowest BCUT2D eigenvalue weighted by Crippen LogP contribution is -2.25. The first-order chi connectivity index (χ1) is 13.1. The number of esters is 1. The Balaban J connectivity index is 1.56. The summed E-state index contributed by atoms with van der Waals surface area (Å²) in [7, 11) is 1.41. The van der Waals surface area contributed by atoms with Crippen molar-refractivity contribution >= 4 is 12.3 Å². The molecule has 1 aliphatic rings. The van der Waals surface area contributed by atoms with E-state index in [-0.39, 0.29) is 17.6 Å². The number of hydrogen-bond donors (Lipinski definition) is 0. The van der Waals surface area contributed by atoms with Crippen LogP contribution in [0.1, 0.15) is 42.5 Å². The summed E-state index contributed by atoms with van der Waals surface area (Å²) in [5.74, 6) is 0.179. The number of ether oxygens (including phenoxy) is 2.